The van der Waals surface area contributed by atoms with Gasteiger partial charge in [-0.1, -0.05) is 43.0 Å². The van der Waals surface area contributed by atoms with Crippen molar-refractivity contribution >= 4 is 46.2 Å². The topological polar surface area (TPSA) is 38.3 Å². The molecule has 1 amide bonds. The average molecular weight is 293 g/mol. The molecule has 0 saturated heterocycles. The van der Waals surface area contributed by atoms with Crippen LogP contribution in [-0.4, -0.2) is 48.6 Å². The number of hydrogen-bond donors (Lipinski definition) is 1. The van der Waals surface area contributed by atoms with Gasteiger partial charge in [-0.15, -0.1) is 0 Å². The van der Waals surface area contributed by atoms with E-state index in [1.54, 1.807) is 0 Å². The van der Waals surface area contributed by atoms with Gasteiger partial charge in [-0.2, -0.15) is 0 Å². The number of nitrogens with one attached hydrogen (secondary N) is 1. The molecular formula is C17H20NNaO2. The van der Waals surface area contributed by atoms with Crippen molar-refractivity contribution in [2.45, 2.75) is 12.8 Å². The Balaban J connectivity index is 0.00000220. The van der Waals surface area contributed by atoms with Crippen LogP contribution in [0.25, 0.3) is 10.8 Å². The molecule has 0 fully saturated rings. The molecule has 4 heteroatoms. The van der Waals surface area contributed by atoms with Crippen molar-refractivity contribution in [1.82, 2.24) is 5.32 Å². The molecule has 2 aromatic carbocycles. The van der Waals surface area contributed by atoms with Gasteiger partial charge in [0.15, 0.2) is 0 Å². The molecule has 0 radical (unpaired) electrons. The van der Waals surface area contributed by atoms with E-state index in [1.165, 1.54) is 11.5 Å². The van der Waals surface area contributed by atoms with Gasteiger partial charge in [-0.25, -0.2) is 0 Å². The molecule has 3 nitrogen and oxygen atoms in total. The van der Waals surface area contributed by atoms with Gasteiger partial charge >= 0.3 is 29.6 Å². The SMILES string of the molecule is C=CC(=O)NCCCCOc1cccc2ccccc12.[NaH]. The monoisotopic (exact) mass is 293 g/mol. The fraction of sp³-hybridized carbons (Fsp3) is 0.235. The molecule has 2 aromatic rings. The van der Waals surface area contributed by atoms with E-state index in [1.807, 2.05) is 24.3 Å². The number of carbonyl (C=O) groups is 1. The van der Waals surface area contributed by atoms with Crippen LogP contribution in [0.15, 0.2) is 55.1 Å². The molecule has 0 spiro atoms. The Morgan fingerprint density at radius 3 is 2.71 bits per heavy atom. The third-order valence-electron chi connectivity index (χ3n) is 3.06. The Hall–Kier alpha value is -1.29. The van der Waals surface area contributed by atoms with Crippen LogP contribution >= 0.6 is 0 Å². The van der Waals surface area contributed by atoms with Gasteiger partial charge in [0.25, 0.3) is 0 Å². The van der Waals surface area contributed by atoms with Crippen molar-refractivity contribution in [3.05, 3.63) is 55.1 Å². The second-order valence-electron chi connectivity index (χ2n) is 4.53. The summed E-state index contributed by atoms with van der Waals surface area (Å²) < 4.78 is 5.82. The van der Waals surface area contributed by atoms with E-state index in [0.717, 1.165) is 24.0 Å². The summed E-state index contributed by atoms with van der Waals surface area (Å²) in [5.74, 6) is 0.790. The van der Waals surface area contributed by atoms with Gasteiger partial charge in [0.05, 0.1) is 6.61 Å². The van der Waals surface area contributed by atoms with Crippen LogP contribution in [0, 0.1) is 0 Å². The number of amides is 1. The molecule has 0 aliphatic heterocycles. The zero-order valence-electron chi connectivity index (χ0n) is 11.5. The van der Waals surface area contributed by atoms with Crippen molar-refractivity contribution in [3.8, 4) is 5.75 Å². The van der Waals surface area contributed by atoms with Gasteiger partial charge < -0.3 is 10.1 Å². The standard InChI is InChI=1S/C17H19NO2.Na.H/c1-2-17(19)18-12-5-6-13-20-16-11-7-9-14-8-3-4-10-15(14)16;;/h2-4,7-11H,1,5-6,12-13H2,(H,18,19);;. The molecule has 0 atom stereocenters. The van der Waals surface area contributed by atoms with Crippen molar-refractivity contribution in [1.29, 1.82) is 0 Å². The number of ether oxygens (including phenoxy) is 1. The fourth-order valence-electron chi connectivity index (χ4n) is 2.01. The van der Waals surface area contributed by atoms with Crippen LogP contribution in [0.3, 0.4) is 0 Å². The summed E-state index contributed by atoms with van der Waals surface area (Å²) in [5.41, 5.74) is 0. The van der Waals surface area contributed by atoms with Gasteiger partial charge in [0, 0.05) is 11.9 Å². The first-order valence-electron chi connectivity index (χ1n) is 6.82. The van der Waals surface area contributed by atoms with Crippen molar-refractivity contribution in [2.75, 3.05) is 13.2 Å². The summed E-state index contributed by atoms with van der Waals surface area (Å²) in [5, 5.41) is 5.07. The van der Waals surface area contributed by atoms with Crippen molar-refractivity contribution in [3.63, 3.8) is 0 Å². The molecule has 0 heterocycles. The predicted molar refractivity (Wildman–Crippen MR) is 89.0 cm³/mol. The molecule has 106 valence electrons. The zero-order valence-corrected chi connectivity index (χ0v) is 11.5. The van der Waals surface area contributed by atoms with E-state index >= 15 is 0 Å². The minimum atomic E-state index is -0.125. The van der Waals surface area contributed by atoms with Gasteiger partial charge in [-0.3, -0.25) is 4.79 Å². The maximum absolute atomic E-state index is 11.0. The predicted octanol–water partition coefficient (Wildman–Crippen LogP) is 2.65. The maximum atomic E-state index is 11.0. The van der Waals surface area contributed by atoms with Crippen LogP contribution in [0.5, 0.6) is 5.75 Å². The quantitative estimate of drug-likeness (QED) is 0.484. The molecule has 0 saturated carbocycles. The van der Waals surface area contributed by atoms with E-state index < -0.39 is 0 Å². The van der Waals surface area contributed by atoms with E-state index in [0.29, 0.717) is 13.2 Å². The molecule has 0 aliphatic carbocycles. The summed E-state index contributed by atoms with van der Waals surface area (Å²) in [6.45, 7) is 4.71. The molecular weight excluding hydrogens is 273 g/mol. The van der Waals surface area contributed by atoms with Crippen molar-refractivity contribution < 1.29 is 9.53 Å². The zero-order chi connectivity index (χ0) is 14.2. The molecule has 2 rings (SSSR count). The van der Waals surface area contributed by atoms with E-state index in [9.17, 15) is 4.79 Å². The first kappa shape index (κ1) is 17.8. The Kier molecular flexibility index (Phi) is 8.13. The normalized spacial score (nSPS) is 9.71. The van der Waals surface area contributed by atoms with E-state index in [-0.39, 0.29) is 35.5 Å². The summed E-state index contributed by atoms with van der Waals surface area (Å²) in [7, 11) is 0. The molecule has 0 aliphatic rings. The number of carbonyl (C=O) groups excluding carboxylic acids is 1. The number of rotatable bonds is 7. The second-order valence-corrected chi connectivity index (χ2v) is 4.53. The fourth-order valence-corrected chi connectivity index (χ4v) is 2.01. The third-order valence-corrected chi connectivity index (χ3v) is 3.06. The van der Waals surface area contributed by atoms with Crippen LogP contribution in [-0.2, 0) is 4.79 Å². The minimum absolute atomic E-state index is 0. The average Bonchev–Trinajstić information content (AvgIpc) is 2.50. The second kappa shape index (κ2) is 9.61. The van der Waals surface area contributed by atoms with Gasteiger partial charge in [-0.05, 0) is 30.4 Å². The van der Waals surface area contributed by atoms with Gasteiger partial charge in [0.1, 0.15) is 5.75 Å². The summed E-state index contributed by atoms with van der Waals surface area (Å²) in [6.07, 6.45) is 3.08. The van der Waals surface area contributed by atoms with E-state index in [2.05, 4.69) is 30.1 Å². The van der Waals surface area contributed by atoms with Crippen LogP contribution in [0.4, 0.5) is 0 Å². The Morgan fingerprint density at radius 2 is 1.90 bits per heavy atom. The van der Waals surface area contributed by atoms with Crippen LogP contribution in [0.1, 0.15) is 12.8 Å². The molecule has 21 heavy (non-hydrogen) atoms. The first-order valence-corrected chi connectivity index (χ1v) is 6.82. The summed E-state index contributed by atoms with van der Waals surface area (Å²) in [6, 6.07) is 14.2. The van der Waals surface area contributed by atoms with Gasteiger partial charge in [0.2, 0.25) is 5.91 Å². The molecule has 0 aromatic heterocycles. The number of fused-ring (bicyclic) bond motifs is 1. The molecule has 1 N–H and O–H groups in total. The molecule has 0 unspecified atom stereocenters. The Labute approximate surface area is 147 Å². The van der Waals surface area contributed by atoms with Crippen LogP contribution < -0.4 is 10.1 Å². The first-order chi connectivity index (χ1) is 9.81. The third kappa shape index (κ3) is 5.54. The van der Waals surface area contributed by atoms with E-state index in [4.69, 9.17) is 4.74 Å². The number of unbranched alkanes of at least 4 members (excludes halogenated alkanes) is 1. The summed E-state index contributed by atoms with van der Waals surface area (Å²) in [4.78, 5) is 11.0. The van der Waals surface area contributed by atoms with Crippen molar-refractivity contribution in [2.24, 2.45) is 0 Å². The number of hydrogen-bond acceptors (Lipinski definition) is 2. The van der Waals surface area contributed by atoms with Crippen LogP contribution in [0.2, 0.25) is 0 Å². The Morgan fingerprint density at radius 1 is 1.14 bits per heavy atom. The Bertz CT molecular complexity index is 593. The summed E-state index contributed by atoms with van der Waals surface area (Å²) >= 11 is 0. The molecule has 0 bridgehead atoms. The number of benzene rings is 2.